The van der Waals surface area contributed by atoms with Crippen molar-refractivity contribution < 1.29 is 43.4 Å². The minimum Gasteiger partial charge on any atom is -0.475 e. The van der Waals surface area contributed by atoms with Gasteiger partial charge in [-0.15, -0.1) is 0 Å². The number of aliphatic hydroxyl groups excluding tert-OH is 1. The molecule has 2 aliphatic rings. The molecule has 0 amide bonds. The van der Waals surface area contributed by atoms with E-state index in [1.165, 1.54) is 0 Å². The average molecular weight is 424 g/mol. The number of hydrogen-bond acceptors (Lipinski definition) is 8. The Kier molecular flexibility index (Phi) is 8.32. The molecule has 3 rings (SSSR count). The van der Waals surface area contributed by atoms with Crippen LogP contribution in [0.2, 0.25) is 0 Å². The van der Waals surface area contributed by atoms with Gasteiger partial charge in [0.1, 0.15) is 0 Å². The van der Waals surface area contributed by atoms with Crippen molar-refractivity contribution in [3.05, 3.63) is 35.6 Å². The number of aliphatic carboxylic acids is 1. The molecule has 30 heavy (non-hydrogen) atoms. The van der Waals surface area contributed by atoms with Crippen molar-refractivity contribution in [2.24, 2.45) is 5.92 Å². The predicted octanol–water partition coefficient (Wildman–Crippen LogP) is 1.89. The second-order valence-electron chi connectivity index (χ2n) is 6.82. The highest BCUT2D eigenvalue weighted by Gasteiger charge is 2.38. The lowest BCUT2D eigenvalue weighted by atomic mass is 9.81. The molecular formula is C21H28O9. The van der Waals surface area contributed by atoms with Gasteiger partial charge in [-0.1, -0.05) is 6.07 Å². The molecule has 0 fully saturated rings. The zero-order chi connectivity index (χ0) is 21.3. The fraction of sp³-hybridized carbons (Fsp3) is 0.571. The molecule has 1 aromatic carbocycles. The summed E-state index contributed by atoms with van der Waals surface area (Å²) in [6.07, 6.45) is 1.49. The van der Waals surface area contributed by atoms with Gasteiger partial charge in [0, 0.05) is 25.0 Å². The minimum atomic E-state index is -1.14. The number of carboxylic acid groups (broad SMARTS) is 1. The van der Waals surface area contributed by atoms with E-state index in [2.05, 4.69) is 0 Å². The summed E-state index contributed by atoms with van der Waals surface area (Å²) in [6, 6.07) is 5.59. The summed E-state index contributed by atoms with van der Waals surface area (Å²) >= 11 is 0. The van der Waals surface area contributed by atoms with Crippen molar-refractivity contribution in [2.75, 3.05) is 46.4 Å². The van der Waals surface area contributed by atoms with E-state index < -0.39 is 12.3 Å². The average Bonchev–Trinajstić information content (AvgIpc) is 3.21. The van der Waals surface area contributed by atoms with Crippen molar-refractivity contribution >= 4 is 5.97 Å². The van der Waals surface area contributed by atoms with E-state index in [1.807, 2.05) is 25.1 Å². The van der Waals surface area contributed by atoms with Crippen LogP contribution in [0.1, 0.15) is 24.8 Å². The fourth-order valence-electron chi connectivity index (χ4n) is 3.54. The van der Waals surface area contributed by atoms with Gasteiger partial charge in [-0.2, -0.15) is 0 Å². The van der Waals surface area contributed by atoms with Gasteiger partial charge >= 0.3 is 5.97 Å². The highest BCUT2D eigenvalue weighted by atomic mass is 16.7. The van der Waals surface area contributed by atoms with Crippen LogP contribution in [0.4, 0.5) is 0 Å². The zero-order valence-electron chi connectivity index (χ0n) is 17.0. The number of carboxylic acids is 1. The molecule has 9 nitrogen and oxygen atoms in total. The molecule has 0 aliphatic carbocycles. The molecule has 0 bridgehead atoms. The van der Waals surface area contributed by atoms with Crippen molar-refractivity contribution in [1.82, 2.24) is 0 Å². The molecular weight excluding hydrogens is 396 g/mol. The summed E-state index contributed by atoms with van der Waals surface area (Å²) in [6.45, 7) is 3.87. The second-order valence-corrected chi connectivity index (χ2v) is 6.82. The minimum absolute atomic E-state index is 0.0229. The van der Waals surface area contributed by atoms with Crippen LogP contribution in [-0.4, -0.2) is 68.9 Å². The van der Waals surface area contributed by atoms with Crippen molar-refractivity contribution in [3.8, 4) is 11.5 Å². The molecule has 166 valence electrons. The van der Waals surface area contributed by atoms with Gasteiger partial charge in [-0.05, 0) is 37.1 Å². The van der Waals surface area contributed by atoms with Gasteiger partial charge in [-0.25, -0.2) is 4.79 Å². The van der Waals surface area contributed by atoms with Crippen LogP contribution in [0.5, 0.6) is 11.5 Å². The summed E-state index contributed by atoms with van der Waals surface area (Å²) in [5, 5.41) is 18.2. The third kappa shape index (κ3) is 5.63. The van der Waals surface area contributed by atoms with Crippen LogP contribution in [-0.2, 0) is 23.7 Å². The zero-order valence-corrected chi connectivity index (χ0v) is 17.0. The highest BCUT2D eigenvalue weighted by Crippen LogP contribution is 2.42. The monoisotopic (exact) mass is 424 g/mol. The molecule has 2 N–H and O–H groups in total. The first-order valence-electron chi connectivity index (χ1n) is 10.0. The predicted molar refractivity (Wildman–Crippen MR) is 104 cm³/mol. The van der Waals surface area contributed by atoms with E-state index in [-0.39, 0.29) is 37.6 Å². The van der Waals surface area contributed by atoms with Gasteiger partial charge in [-0.3, -0.25) is 0 Å². The molecule has 0 saturated carbocycles. The van der Waals surface area contributed by atoms with Crippen LogP contribution in [0, 0.1) is 5.92 Å². The Bertz CT molecular complexity index is 733. The number of carbonyl (C=O) groups is 1. The van der Waals surface area contributed by atoms with Gasteiger partial charge in [0.05, 0.1) is 26.4 Å². The first-order valence-corrected chi connectivity index (χ1v) is 10.0. The number of aliphatic hydroxyl groups is 1. The Morgan fingerprint density at radius 3 is 2.63 bits per heavy atom. The van der Waals surface area contributed by atoms with Crippen LogP contribution in [0.15, 0.2) is 30.0 Å². The third-order valence-electron chi connectivity index (χ3n) is 4.91. The fourth-order valence-corrected chi connectivity index (χ4v) is 3.54. The normalized spacial score (nSPS) is 22.5. The Morgan fingerprint density at radius 1 is 1.13 bits per heavy atom. The first-order chi connectivity index (χ1) is 14.6. The van der Waals surface area contributed by atoms with Crippen LogP contribution < -0.4 is 9.47 Å². The van der Waals surface area contributed by atoms with E-state index in [0.717, 1.165) is 5.56 Å². The molecule has 2 heterocycles. The van der Waals surface area contributed by atoms with Crippen molar-refractivity contribution in [1.29, 1.82) is 0 Å². The number of benzene rings is 1. The van der Waals surface area contributed by atoms with Crippen molar-refractivity contribution in [2.45, 2.75) is 25.6 Å². The third-order valence-corrected chi connectivity index (χ3v) is 4.91. The Hall–Kier alpha value is -2.33. The van der Waals surface area contributed by atoms with Crippen molar-refractivity contribution in [3.63, 3.8) is 0 Å². The lowest BCUT2D eigenvalue weighted by Gasteiger charge is -2.36. The van der Waals surface area contributed by atoms with E-state index >= 15 is 0 Å². The SMILES string of the molecule is CCOC1OC(C(=O)O)=CC(c2ccc3c(c2)OCO3)C1CCOCCOCCO. The standard InChI is InChI=1S/C21H28O9/c1-2-27-21-15(5-7-25-9-10-26-8-6-22)16(12-19(30-21)20(23)24)14-3-4-17-18(11-14)29-13-28-17/h3-4,11-12,15-16,21-22H,2,5-10,13H2,1H3,(H,23,24). The molecule has 1 aromatic rings. The van der Waals surface area contributed by atoms with E-state index in [4.69, 9.17) is 33.5 Å². The maximum absolute atomic E-state index is 11.6. The van der Waals surface area contributed by atoms with Gasteiger partial charge in [0.2, 0.25) is 18.8 Å². The van der Waals surface area contributed by atoms with Crippen LogP contribution >= 0.6 is 0 Å². The Balaban J connectivity index is 1.75. The maximum atomic E-state index is 11.6. The second kappa shape index (κ2) is 11.2. The number of rotatable bonds is 12. The molecule has 3 atom stereocenters. The lowest BCUT2D eigenvalue weighted by Crippen LogP contribution is -2.37. The number of fused-ring (bicyclic) bond motifs is 1. The summed E-state index contributed by atoms with van der Waals surface area (Å²) < 4.78 is 33.1. The van der Waals surface area contributed by atoms with Crippen LogP contribution in [0.25, 0.3) is 0 Å². The number of allylic oxidation sites excluding steroid dienone is 1. The summed E-state index contributed by atoms with van der Waals surface area (Å²) in [5.74, 6) is -0.394. The number of hydrogen-bond donors (Lipinski definition) is 2. The molecule has 0 aromatic heterocycles. The summed E-state index contributed by atoms with van der Waals surface area (Å²) in [7, 11) is 0. The largest absolute Gasteiger partial charge is 0.475 e. The van der Waals surface area contributed by atoms with E-state index in [9.17, 15) is 9.90 Å². The topological polar surface area (TPSA) is 113 Å². The van der Waals surface area contributed by atoms with Crippen LogP contribution in [0.3, 0.4) is 0 Å². The Labute approximate surface area is 175 Å². The molecule has 3 unspecified atom stereocenters. The quantitative estimate of drug-likeness (QED) is 0.486. The summed E-state index contributed by atoms with van der Waals surface area (Å²) in [4.78, 5) is 11.6. The lowest BCUT2D eigenvalue weighted by molar-refractivity contribution is -0.174. The van der Waals surface area contributed by atoms with E-state index in [1.54, 1.807) is 6.08 Å². The summed E-state index contributed by atoms with van der Waals surface area (Å²) in [5.41, 5.74) is 0.891. The Morgan fingerprint density at radius 2 is 1.90 bits per heavy atom. The molecule has 0 saturated heterocycles. The van der Waals surface area contributed by atoms with E-state index in [0.29, 0.717) is 44.3 Å². The van der Waals surface area contributed by atoms with Gasteiger partial charge in [0.15, 0.2) is 11.5 Å². The molecule has 9 heteroatoms. The molecule has 2 aliphatic heterocycles. The number of ether oxygens (including phenoxy) is 6. The first kappa shape index (κ1) is 22.4. The smallest absolute Gasteiger partial charge is 0.370 e. The molecule has 0 radical (unpaired) electrons. The highest BCUT2D eigenvalue weighted by molar-refractivity contribution is 5.84. The maximum Gasteiger partial charge on any atom is 0.370 e. The van der Waals surface area contributed by atoms with Gasteiger partial charge < -0.3 is 38.6 Å². The molecule has 0 spiro atoms. The van der Waals surface area contributed by atoms with Gasteiger partial charge in [0.25, 0.3) is 0 Å².